The molecule has 1 unspecified atom stereocenters. The monoisotopic (exact) mass is 323 g/mol. The number of methoxy groups -OCH3 is 1. The van der Waals surface area contributed by atoms with E-state index < -0.39 is 11.7 Å². The van der Waals surface area contributed by atoms with E-state index in [0.29, 0.717) is 6.54 Å². The van der Waals surface area contributed by atoms with Crippen molar-refractivity contribution in [2.24, 2.45) is 0 Å². The highest BCUT2D eigenvalue weighted by molar-refractivity contribution is 5.67. The van der Waals surface area contributed by atoms with Crippen LogP contribution in [-0.4, -0.2) is 37.1 Å². The molecule has 130 valence electrons. The van der Waals surface area contributed by atoms with Crippen LogP contribution in [0.1, 0.15) is 51.5 Å². The number of carbonyl (C=O) groups excluding carboxylic acids is 1. The van der Waals surface area contributed by atoms with Gasteiger partial charge in [0.05, 0.1) is 7.11 Å². The molecule has 0 bridgehead atoms. The van der Waals surface area contributed by atoms with Crippen LogP contribution in [-0.2, 0) is 4.74 Å². The van der Waals surface area contributed by atoms with Gasteiger partial charge in [0.15, 0.2) is 0 Å². The van der Waals surface area contributed by atoms with Crippen molar-refractivity contribution in [2.75, 3.05) is 20.3 Å². The van der Waals surface area contributed by atoms with Crippen molar-refractivity contribution in [2.45, 2.75) is 51.6 Å². The molecule has 0 aliphatic rings. The average molecular weight is 323 g/mol. The van der Waals surface area contributed by atoms with Crippen molar-refractivity contribution in [1.29, 1.82) is 0 Å². The van der Waals surface area contributed by atoms with Gasteiger partial charge in [-0.2, -0.15) is 0 Å². The van der Waals surface area contributed by atoms with Crippen LogP contribution in [0.15, 0.2) is 24.3 Å². The maximum atomic E-state index is 11.7. The summed E-state index contributed by atoms with van der Waals surface area (Å²) in [5.41, 5.74) is 0.663. The van der Waals surface area contributed by atoms with Crippen LogP contribution in [0.5, 0.6) is 5.75 Å². The molecule has 1 atom stereocenters. The molecule has 0 fully saturated rings. The van der Waals surface area contributed by atoms with Gasteiger partial charge in [0.2, 0.25) is 0 Å². The van der Waals surface area contributed by atoms with Gasteiger partial charge in [0, 0.05) is 13.2 Å². The molecular weight excluding hydrogens is 294 g/mol. The molecule has 0 aliphatic heterocycles. The first-order valence-electron chi connectivity index (χ1n) is 8.07. The molecule has 0 aliphatic carbocycles. The van der Waals surface area contributed by atoms with Gasteiger partial charge in [0.1, 0.15) is 11.4 Å². The highest BCUT2D eigenvalue weighted by Crippen LogP contribution is 2.27. The fourth-order valence-corrected chi connectivity index (χ4v) is 2.37. The zero-order valence-electron chi connectivity index (χ0n) is 14.6. The molecule has 1 amide bonds. The Kier molecular flexibility index (Phi) is 7.89. The maximum absolute atomic E-state index is 11.7. The lowest BCUT2D eigenvalue weighted by Gasteiger charge is -2.21. The first kappa shape index (κ1) is 19.3. The van der Waals surface area contributed by atoms with Crippen LogP contribution in [0, 0.1) is 0 Å². The Labute approximate surface area is 139 Å². The number of rotatable bonds is 8. The fraction of sp³-hybridized carbons (Fsp3) is 0.611. The molecule has 0 spiro atoms. The second-order valence-electron chi connectivity index (χ2n) is 6.56. The highest BCUT2D eigenvalue weighted by Gasteiger charge is 2.17. The molecule has 0 heterocycles. The first-order valence-corrected chi connectivity index (χ1v) is 8.07. The van der Waals surface area contributed by atoms with E-state index in [9.17, 15) is 4.79 Å². The number of hydrogen-bond acceptors (Lipinski definition) is 4. The zero-order valence-corrected chi connectivity index (χ0v) is 14.6. The van der Waals surface area contributed by atoms with Gasteiger partial charge in [-0.15, -0.1) is 0 Å². The quantitative estimate of drug-likeness (QED) is 0.769. The smallest absolute Gasteiger partial charge is 0.407 e. The van der Waals surface area contributed by atoms with Crippen LogP contribution in [0.25, 0.3) is 0 Å². The average Bonchev–Trinajstić information content (AvgIpc) is 2.49. The number of aliphatic hydroxyl groups excluding tert-OH is 1. The fourth-order valence-electron chi connectivity index (χ4n) is 2.37. The summed E-state index contributed by atoms with van der Waals surface area (Å²) in [4.78, 5) is 11.7. The molecular formula is C18H29NO4. The summed E-state index contributed by atoms with van der Waals surface area (Å²) in [6.45, 7) is 6.22. The SMILES string of the molecule is COc1cccc(C(CCCO)CCNC(=O)OC(C)(C)C)c1. The lowest BCUT2D eigenvalue weighted by Crippen LogP contribution is -2.33. The third-order valence-electron chi connectivity index (χ3n) is 3.44. The van der Waals surface area contributed by atoms with Gasteiger partial charge in [-0.05, 0) is 63.6 Å². The van der Waals surface area contributed by atoms with Crippen molar-refractivity contribution < 1.29 is 19.4 Å². The van der Waals surface area contributed by atoms with Crippen molar-refractivity contribution >= 4 is 6.09 Å². The minimum absolute atomic E-state index is 0.167. The lowest BCUT2D eigenvalue weighted by molar-refractivity contribution is 0.0526. The summed E-state index contributed by atoms with van der Waals surface area (Å²) >= 11 is 0. The number of hydrogen-bond donors (Lipinski definition) is 2. The van der Waals surface area contributed by atoms with Gasteiger partial charge >= 0.3 is 6.09 Å². The van der Waals surface area contributed by atoms with Crippen molar-refractivity contribution in [3.8, 4) is 5.75 Å². The Morgan fingerprint density at radius 3 is 2.65 bits per heavy atom. The second-order valence-corrected chi connectivity index (χ2v) is 6.56. The van der Waals surface area contributed by atoms with Crippen LogP contribution >= 0.6 is 0 Å². The molecule has 0 saturated heterocycles. The summed E-state index contributed by atoms with van der Waals surface area (Å²) in [5.74, 6) is 1.07. The van der Waals surface area contributed by atoms with Gasteiger partial charge in [-0.3, -0.25) is 0 Å². The van der Waals surface area contributed by atoms with Crippen LogP contribution in [0.2, 0.25) is 0 Å². The van der Waals surface area contributed by atoms with Crippen molar-refractivity contribution in [3.05, 3.63) is 29.8 Å². The zero-order chi connectivity index (χ0) is 17.3. The van der Waals surface area contributed by atoms with Crippen LogP contribution < -0.4 is 10.1 Å². The summed E-state index contributed by atoms with van der Waals surface area (Å²) in [7, 11) is 1.64. The minimum Gasteiger partial charge on any atom is -0.497 e. The van der Waals surface area contributed by atoms with E-state index in [1.165, 1.54) is 0 Å². The molecule has 0 radical (unpaired) electrons. The lowest BCUT2D eigenvalue weighted by atomic mass is 9.91. The maximum Gasteiger partial charge on any atom is 0.407 e. The number of aliphatic hydroxyl groups is 1. The molecule has 23 heavy (non-hydrogen) atoms. The Morgan fingerprint density at radius 2 is 2.04 bits per heavy atom. The Hall–Kier alpha value is -1.75. The Balaban J connectivity index is 2.59. The van der Waals surface area contributed by atoms with E-state index in [0.717, 1.165) is 30.6 Å². The molecule has 1 rings (SSSR count). The number of ether oxygens (including phenoxy) is 2. The number of carbonyl (C=O) groups is 1. The van der Waals surface area contributed by atoms with E-state index in [2.05, 4.69) is 11.4 Å². The summed E-state index contributed by atoms with van der Waals surface area (Å²) in [6, 6.07) is 7.93. The van der Waals surface area contributed by atoms with Gasteiger partial charge in [-0.1, -0.05) is 12.1 Å². The third-order valence-corrected chi connectivity index (χ3v) is 3.44. The largest absolute Gasteiger partial charge is 0.497 e. The van der Waals surface area contributed by atoms with E-state index in [4.69, 9.17) is 14.6 Å². The Bertz CT molecular complexity index is 482. The third kappa shape index (κ3) is 7.88. The van der Waals surface area contributed by atoms with E-state index in [1.807, 2.05) is 39.0 Å². The molecule has 5 heteroatoms. The number of alkyl carbamates (subject to hydrolysis) is 1. The van der Waals surface area contributed by atoms with Crippen molar-refractivity contribution in [1.82, 2.24) is 5.32 Å². The first-order chi connectivity index (χ1) is 10.9. The Morgan fingerprint density at radius 1 is 1.30 bits per heavy atom. The predicted molar refractivity (Wildman–Crippen MR) is 90.9 cm³/mol. The van der Waals surface area contributed by atoms with E-state index >= 15 is 0 Å². The number of nitrogens with one attached hydrogen (secondary N) is 1. The minimum atomic E-state index is -0.493. The van der Waals surface area contributed by atoms with Crippen LogP contribution in [0.4, 0.5) is 4.79 Å². The standard InChI is InChI=1S/C18H29NO4/c1-18(2,3)23-17(21)19-11-10-14(8-6-12-20)15-7-5-9-16(13-15)22-4/h5,7,9,13-14,20H,6,8,10-12H2,1-4H3,(H,19,21). The van der Waals surface area contributed by atoms with E-state index in [1.54, 1.807) is 7.11 Å². The van der Waals surface area contributed by atoms with Gasteiger partial charge in [0.25, 0.3) is 0 Å². The predicted octanol–water partition coefficient (Wildman–Crippen LogP) is 3.47. The van der Waals surface area contributed by atoms with E-state index in [-0.39, 0.29) is 12.5 Å². The highest BCUT2D eigenvalue weighted by atomic mass is 16.6. The number of benzene rings is 1. The van der Waals surface area contributed by atoms with Gasteiger partial charge in [-0.25, -0.2) is 4.79 Å². The normalized spacial score (nSPS) is 12.6. The molecule has 1 aromatic carbocycles. The van der Waals surface area contributed by atoms with Crippen molar-refractivity contribution in [3.63, 3.8) is 0 Å². The molecule has 5 nitrogen and oxygen atoms in total. The molecule has 0 aromatic heterocycles. The molecule has 1 aromatic rings. The summed E-state index contributed by atoms with van der Waals surface area (Å²) < 4.78 is 10.5. The second kappa shape index (κ2) is 9.40. The molecule has 2 N–H and O–H groups in total. The molecule has 0 saturated carbocycles. The van der Waals surface area contributed by atoms with Crippen LogP contribution in [0.3, 0.4) is 0 Å². The van der Waals surface area contributed by atoms with Gasteiger partial charge < -0.3 is 19.9 Å². The topological polar surface area (TPSA) is 67.8 Å². The summed E-state index contributed by atoms with van der Waals surface area (Å²) in [5, 5.41) is 11.9. The number of amides is 1. The summed E-state index contributed by atoms with van der Waals surface area (Å²) in [6.07, 6.45) is 1.98.